The van der Waals surface area contributed by atoms with E-state index in [1.165, 1.54) is 5.56 Å². The first-order chi connectivity index (χ1) is 7.74. The van der Waals surface area contributed by atoms with Crippen LogP contribution in [0.2, 0.25) is 0 Å². The number of rotatable bonds is 4. The topological polar surface area (TPSA) is 18.5 Å². The largest absolute Gasteiger partial charge is 0.493 e. The van der Waals surface area contributed by atoms with Crippen LogP contribution in [0.3, 0.4) is 0 Å². The minimum Gasteiger partial charge on any atom is -0.493 e. The molecule has 16 heavy (non-hydrogen) atoms. The minimum atomic E-state index is 0.500. The van der Waals surface area contributed by atoms with E-state index in [0.717, 1.165) is 17.9 Å². The van der Waals surface area contributed by atoms with E-state index in [9.17, 15) is 0 Å². The summed E-state index contributed by atoms with van der Waals surface area (Å²) >= 11 is 0. The van der Waals surface area contributed by atoms with E-state index in [-0.39, 0.29) is 0 Å². The maximum atomic E-state index is 5.37. The molecule has 92 valence electrons. The van der Waals surface area contributed by atoms with Crippen LogP contribution in [-0.2, 0) is 0 Å². The first-order valence-electron chi connectivity index (χ1n) is 5.95. The van der Waals surface area contributed by atoms with Gasteiger partial charge in [0, 0.05) is 5.56 Å². The summed E-state index contributed by atoms with van der Waals surface area (Å²) in [7, 11) is 3.35. The van der Waals surface area contributed by atoms with Crippen LogP contribution in [0.1, 0.15) is 45.6 Å². The summed E-state index contributed by atoms with van der Waals surface area (Å²) in [5, 5.41) is 0. The van der Waals surface area contributed by atoms with Crippen molar-refractivity contribution in [2.75, 3.05) is 14.2 Å². The van der Waals surface area contributed by atoms with Crippen molar-refractivity contribution in [3.63, 3.8) is 0 Å². The maximum Gasteiger partial charge on any atom is 0.164 e. The molecule has 1 rings (SSSR count). The lowest BCUT2D eigenvalue weighted by molar-refractivity contribution is 0.349. The van der Waals surface area contributed by atoms with Gasteiger partial charge in [-0.15, -0.1) is 0 Å². The van der Waals surface area contributed by atoms with Gasteiger partial charge in [-0.05, 0) is 18.4 Å². The first-order valence-corrected chi connectivity index (χ1v) is 5.95. The van der Waals surface area contributed by atoms with Gasteiger partial charge in [-0.2, -0.15) is 0 Å². The van der Waals surface area contributed by atoms with Gasteiger partial charge in [0.25, 0.3) is 0 Å². The molecule has 2 nitrogen and oxygen atoms in total. The number of ether oxygens (including phenoxy) is 2. The molecule has 0 heterocycles. The average Bonchev–Trinajstić information content (AvgIpc) is 2.38. The van der Waals surface area contributed by atoms with Gasteiger partial charge < -0.3 is 9.47 Å². The lowest BCUT2D eigenvalue weighted by atomic mass is 9.97. The monoisotopic (exact) mass is 224 g/mol. The summed E-state index contributed by atoms with van der Waals surface area (Å²) in [6, 6.07) is 6.02. The lowest BCUT2D eigenvalue weighted by Crippen LogP contribution is -1.98. The Kier molecular flexibility index (Phi) is 7.44. The molecule has 1 unspecified atom stereocenters. The number of benzene rings is 1. The highest BCUT2D eigenvalue weighted by Gasteiger charge is 2.13. The molecule has 0 saturated carbocycles. The fourth-order valence-corrected chi connectivity index (χ4v) is 1.52. The summed E-state index contributed by atoms with van der Waals surface area (Å²) in [6.07, 6.45) is 1.10. The Morgan fingerprint density at radius 2 is 1.75 bits per heavy atom. The van der Waals surface area contributed by atoms with Crippen LogP contribution in [-0.4, -0.2) is 14.2 Å². The quantitative estimate of drug-likeness (QED) is 0.761. The first kappa shape index (κ1) is 14.8. The zero-order valence-electron chi connectivity index (χ0n) is 11.3. The molecule has 0 fully saturated rings. The zero-order valence-corrected chi connectivity index (χ0v) is 11.3. The molecule has 0 aliphatic heterocycles. The van der Waals surface area contributed by atoms with Crippen LogP contribution in [0.5, 0.6) is 11.5 Å². The Balaban J connectivity index is 0.00000106. The Morgan fingerprint density at radius 3 is 2.19 bits per heavy atom. The van der Waals surface area contributed by atoms with Crippen LogP contribution in [0.25, 0.3) is 0 Å². The predicted octanol–water partition coefficient (Wildman–Crippen LogP) is 4.24. The van der Waals surface area contributed by atoms with Gasteiger partial charge in [0.2, 0.25) is 0 Å². The number of hydrogen-bond acceptors (Lipinski definition) is 2. The van der Waals surface area contributed by atoms with E-state index in [4.69, 9.17) is 9.47 Å². The lowest BCUT2D eigenvalue weighted by Gasteiger charge is -2.16. The van der Waals surface area contributed by atoms with E-state index in [1.54, 1.807) is 14.2 Å². The van der Waals surface area contributed by atoms with Gasteiger partial charge in [0.05, 0.1) is 14.2 Å². The molecule has 1 aromatic carbocycles. The van der Waals surface area contributed by atoms with Crippen molar-refractivity contribution in [3.8, 4) is 11.5 Å². The SMILES string of the molecule is CC.CCC(C)c1cccc(OC)c1OC. The molecule has 2 heteroatoms. The third kappa shape index (κ3) is 3.44. The summed E-state index contributed by atoms with van der Waals surface area (Å²) in [5.41, 5.74) is 1.22. The second-order valence-corrected chi connectivity index (χ2v) is 3.39. The van der Waals surface area contributed by atoms with Crippen molar-refractivity contribution in [2.24, 2.45) is 0 Å². The molecule has 1 aromatic rings. The molecular weight excluding hydrogens is 200 g/mol. The molecule has 0 N–H and O–H groups in total. The second kappa shape index (κ2) is 8.03. The van der Waals surface area contributed by atoms with Gasteiger partial charge in [-0.25, -0.2) is 0 Å². The third-order valence-corrected chi connectivity index (χ3v) is 2.58. The predicted molar refractivity (Wildman–Crippen MR) is 69.6 cm³/mol. The van der Waals surface area contributed by atoms with Crippen LogP contribution < -0.4 is 9.47 Å². The van der Waals surface area contributed by atoms with Crippen molar-refractivity contribution < 1.29 is 9.47 Å². The fourth-order valence-electron chi connectivity index (χ4n) is 1.52. The van der Waals surface area contributed by atoms with Crippen LogP contribution >= 0.6 is 0 Å². The van der Waals surface area contributed by atoms with E-state index < -0.39 is 0 Å². The number of para-hydroxylation sites is 1. The van der Waals surface area contributed by atoms with Crippen LogP contribution in [0.15, 0.2) is 18.2 Å². The third-order valence-electron chi connectivity index (χ3n) is 2.58. The van der Waals surface area contributed by atoms with Crippen molar-refractivity contribution in [3.05, 3.63) is 23.8 Å². The van der Waals surface area contributed by atoms with Crippen molar-refractivity contribution in [2.45, 2.75) is 40.0 Å². The van der Waals surface area contributed by atoms with Gasteiger partial charge >= 0.3 is 0 Å². The number of methoxy groups -OCH3 is 2. The molecule has 1 atom stereocenters. The standard InChI is InChI=1S/C12H18O2.C2H6/c1-5-9(2)10-7-6-8-11(13-3)12(10)14-4;1-2/h6-9H,5H2,1-4H3;1-2H3. The Bertz CT molecular complexity index is 295. The molecule has 0 spiro atoms. The van der Waals surface area contributed by atoms with Gasteiger partial charge in [-0.1, -0.05) is 39.8 Å². The van der Waals surface area contributed by atoms with E-state index >= 15 is 0 Å². The minimum absolute atomic E-state index is 0.500. The Morgan fingerprint density at radius 1 is 1.12 bits per heavy atom. The fraction of sp³-hybridized carbons (Fsp3) is 0.571. The summed E-state index contributed by atoms with van der Waals surface area (Å²) in [5.74, 6) is 2.18. The normalized spacial score (nSPS) is 11.1. The van der Waals surface area contributed by atoms with E-state index in [1.807, 2.05) is 26.0 Å². The van der Waals surface area contributed by atoms with Crippen molar-refractivity contribution >= 4 is 0 Å². The number of hydrogen-bond donors (Lipinski definition) is 0. The average molecular weight is 224 g/mol. The molecule has 0 aliphatic carbocycles. The molecule has 0 amide bonds. The van der Waals surface area contributed by atoms with Crippen molar-refractivity contribution in [1.29, 1.82) is 0 Å². The summed E-state index contributed by atoms with van der Waals surface area (Å²) < 4.78 is 10.6. The van der Waals surface area contributed by atoms with Gasteiger partial charge in [0.1, 0.15) is 0 Å². The molecule has 0 bridgehead atoms. The van der Waals surface area contributed by atoms with E-state index in [0.29, 0.717) is 5.92 Å². The zero-order chi connectivity index (χ0) is 12.6. The molecule has 0 saturated heterocycles. The Hall–Kier alpha value is -1.18. The summed E-state index contributed by atoms with van der Waals surface area (Å²) in [4.78, 5) is 0. The maximum absolute atomic E-state index is 5.37. The molecule has 0 aromatic heterocycles. The van der Waals surface area contributed by atoms with Crippen molar-refractivity contribution in [1.82, 2.24) is 0 Å². The van der Waals surface area contributed by atoms with E-state index in [2.05, 4.69) is 19.9 Å². The molecular formula is C14H24O2. The van der Waals surface area contributed by atoms with Crippen LogP contribution in [0, 0.1) is 0 Å². The van der Waals surface area contributed by atoms with Gasteiger partial charge in [-0.3, -0.25) is 0 Å². The highest BCUT2D eigenvalue weighted by molar-refractivity contribution is 5.48. The molecule has 0 radical (unpaired) electrons. The highest BCUT2D eigenvalue weighted by Crippen LogP contribution is 2.36. The second-order valence-electron chi connectivity index (χ2n) is 3.39. The van der Waals surface area contributed by atoms with Crippen LogP contribution in [0.4, 0.5) is 0 Å². The smallest absolute Gasteiger partial charge is 0.164 e. The van der Waals surface area contributed by atoms with Gasteiger partial charge in [0.15, 0.2) is 11.5 Å². The summed E-state index contributed by atoms with van der Waals surface area (Å²) in [6.45, 7) is 8.36. The molecule has 0 aliphatic rings. The Labute approximate surface area is 99.6 Å². The highest BCUT2D eigenvalue weighted by atomic mass is 16.5.